The van der Waals surface area contributed by atoms with Crippen LogP contribution >= 0.6 is 11.5 Å². The molecule has 84 valence electrons. The number of nitrogens with zero attached hydrogens (tertiary/aromatic N) is 2. The van der Waals surface area contributed by atoms with Crippen molar-refractivity contribution in [1.29, 1.82) is 0 Å². The highest BCUT2D eigenvalue weighted by Gasteiger charge is 2.10. The average Bonchev–Trinajstić information content (AvgIpc) is 2.68. The van der Waals surface area contributed by atoms with Crippen LogP contribution in [0.2, 0.25) is 0 Å². The van der Waals surface area contributed by atoms with Gasteiger partial charge in [-0.25, -0.2) is 0 Å². The molecule has 0 saturated heterocycles. The van der Waals surface area contributed by atoms with E-state index in [9.17, 15) is 0 Å². The van der Waals surface area contributed by atoms with E-state index >= 15 is 0 Å². The van der Waals surface area contributed by atoms with Gasteiger partial charge in [0, 0.05) is 18.0 Å². The first-order valence-electron chi connectivity index (χ1n) is 5.94. The van der Waals surface area contributed by atoms with Crippen molar-refractivity contribution in [3.8, 4) is 0 Å². The average molecular weight is 225 g/mol. The van der Waals surface area contributed by atoms with E-state index in [4.69, 9.17) is 0 Å². The molecule has 1 aromatic rings. The molecule has 15 heavy (non-hydrogen) atoms. The Hall–Kier alpha value is -0.480. The molecule has 0 atom stereocenters. The third kappa shape index (κ3) is 3.87. The van der Waals surface area contributed by atoms with Gasteiger partial charge >= 0.3 is 0 Å². The normalized spacial score (nSPS) is 19.7. The molecule has 0 spiro atoms. The minimum Gasteiger partial charge on any atom is -0.308 e. The second kappa shape index (κ2) is 6.18. The van der Waals surface area contributed by atoms with Crippen LogP contribution in [0, 0.1) is 0 Å². The Balaban J connectivity index is 1.72. The van der Waals surface area contributed by atoms with E-state index < -0.39 is 0 Å². The smallest absolute Gasteiger partial charge is 0.0893 e. The van der Waals surface area contributed by atoms with Crippen LogP contribution in [0.3, 0.4) is 0 Å². The minimum absolute atomic E-state index is 0.701. The predicted octanol–water partition coefficient (Wildman–Crippen LogP) is 2.74. The van der Waals surface area contributed by atoms with Crippen LogP contribution < -0.4 is 5.32 Å². The van der Waals surface area contributed by atoms with E-state index in [2.05, 4.69) is 14.9 Å². The predicted molar refractivity (Wildman–Crippen MR) is 62.9 cm³/mol. The SMILES string of the molecule is c1snnc1CNC1CCCCCCC1. The van der Waals surface area contributed by atoms with Crippen LogP contribution in [0.1, 0.15) is 50.6 Å². The van der Waals surface area contributed by atoms with Crippen LogP contribution in [0.5, 0.6) is 0 Å². The fraction of sp³-hybridized carbons (Fsp3) is 0.818. The van der Waals surface area contributed by atoms with Crippen molar-refractivity contribution >= 4 is 11.5 Å². The van der Waals surface area contributed by atoms with Crippen LogP contribution in [-0.2, 0) is 6.54 Å². The van der Waals surface area contributed by atoms with Crippen LogP contribution in [-0.4, -0.2) is 15.6 Å². The van der Waals surface area contributed by atoms with Crippen molar-refractivity contribution in [3.05, 3.63) is 11.1 Å². The van der Waals surface area contributed by atoms with Crippen molar-refractivity contribution in [2.24, 2.45) is 0 Å². The molecule has 0 aromatic carbocycles. The number of aromatic nitrogens is 2. The fourth-order valence-corrected chi connectivity index (χ4v) is 2.62. The molecule has 1 aromatic heterocycles. The Morgan fingerprint density at radius 1 is 1.20 bits per heavy atom. The van der Waals surface area contributed by atoms with Gasteiger partial charge in [-0.1, -0.05) is 36.6 Å². The molecule has 1 heterocycles. The second-order valence-electron chi connectivity index (χ2n) is 4.32. The summed E-state index contributed by atoms with van der Waals surface area (Å²) in [4.78, 5) is 0. The summed E-state index contributed by atoms with van der Waals surface area (Å²) in [5.41, 5.74) is 1.09. The maximum Gasteiger partial charge on any atom is 0.0893 e. The van der Waals surface area contributed by atoms with Crippen LogP contribution in [0.15, 0.2) is 5.38 Å². The molecular weight excluding hydrogens is 206 g/mol. The molecule has 1 fully saturated rings. The summed E-state index contributed by atoms with van der Waals surface area (Å²) in [6.45, 7) is 0.890. The summed E-state index contributed by atoms with van der Waals surface area (Å²) in [5, 5.41) is 9.67. The number of hydrogen-bond donors (Lipinski definition) is 1. The van der Waals surface area contributed by atoms with Gasteiger partial charge in [-0.3, -0.25) is 0 Å². The number of hydrogen-bond acceptors (Lipinski definition) is 4. The van der Waals surface area contributed by atoms with Gasteiger partial charge in [0.15, 0.2) is 0 Å². The molecule has 4 heteroatoms. The van der Waals surface area contributed by atoms with Crippen LogP contribution in [0.25, 0.3) is 0 Å². The summed E-state index contributed by atoms with van der Waals surface area (Å²) in [5.74, 6) is 0. The first-order chi connectivity index (χ1) is 7.45. The standard InChI is InChI=1S/C11H19N3S/c1-2-4-6-10(7-5-3-1)12-8-11-9-15-14-13-11/h9-10,12H,1-8H2. The highest BCUT2D eigenvalue weighted by molar-refractivity contribution is 7.03. The molecule has 1 aliphatic rings. The molecule has 2 rings (SSSR count). The number of rotatable bonds is 3. The molecule has 1 N–H and O–H groups in total. The molecule has 3 nitrogen and oxygen atoms in total. The molecule has 0 radical (unpaired) electrons. The maximum atomic E-state index is 4.05. The van der Waals surface area contributed by atoms with E-state index in [1.54, 1.807) is 0 Å². The van der Waals surface area contributed by atoms with Crippen molar-refractivity contribution in [2.75, 3.05) is 0 Å². The van der Waals surface area contributed by atoms with E-state index in [1.165, 1.54) is 56.5 Å². The lowest BCUT2D eigenvalue weighted by atomic mass is 9.97. The second-order valence-corrected chi connectivity index (χ2v) is 4.93. The highest BCUT2D eigenvalue weighted by Crippen LogP contribution is 2.17. The lowest BCUT2D eigenvalue weighted by Gasteiger charge is -2.20. The van der Waals surface area contributed by atoms with Gasteiger partial charge in [0.25, 0.3) is 0 Å². The van der Waals surface area contributed by atoms with Gasteiger partial charge < -0.3 is 5.32 Å². The lowest BCUT2D eigenvalue weighted by Crippen LogP contribution is -2.29. The topological polar surface area (TPSA) is 37.8 Å². The Morgan fingerprint density at radius 2 is 1.93 bits per heavy atom. The van der Waals surface area contributed by atoms with E-state index in [1.807, 2.05) is 5.38 Å². The van der Waals surface area contributed by atoms with Gasteiger partial charge in [-0.2, -0.15) is 0 Å². The molecule has 0 aliphatic heterocycles. The van der Waals surface area contributed by atoms with Gasteiger partial charge in [0.2, 0.25) is 0 Å². The molecular formula is C11H19N3S. The maximum absolute atomic E-state index is 4.05. The molecule has 0 bridgehead atoms. The third-order valence-electron chi connectivity index (χ3n) is 3.08. The van der Waals surface area contributed by atoms with E-state index in [-0.39, 0.29) is 0 Å². The van der Waals surface area contributed by atoms with Gasteiger partial charge in [0.1, 0.15) is 0 Å². The van der Waals surface area contributed by atoms with Gasteiger partial charge in [-0.15, -0.1) is 5.10 Å². The molecule has 0 unspecified atom stereocenters. The van der Waals surface area contributed by atoms with Crippen molar-refractivity contribution in [2.45, 2.75) is 57.5 Å². The summed E-state index contributed by atoms with van der Waals surface area (Å²) < 4.78 is 3.87. The molecule has 0 amide bonds. The summed E-state index contributed by atoms with van der Waals surface area (Å²) >= 11 is 1.43. The Morgan fingerprint density at radius 3 is 2.60 bits per heavy atom. The number of nitrogens with one attached hydrogen (secondary N) is 1. The van der Waals surface area contributed by atoms with Gasteiger partial charge in [-0.05, 0) is 24.4 Å². The molecule has 1 saturated carbocycles. The summed E-state index contributed by atoms with van der Waals surface area (Å²) in [6.07, 6.45) is 9.69. The lowest BCUT2D eigenvalue weighted by molar-refractivity contribution is 0.387. The zero-order valence-corrected chi connectivity index (χ0v) is 9.93. The van der Waals surface area contributed by atoms with Crippen LogP contribution in [0.4, 0.5) is 0 Å². The first-order valence-corrected chi connectivity index (χ1v) is 6.78. The van der Waals surface area contributed by atoms with Crippen molar-refractivity contribution < 1.29 is 0 Å². The Kier molecular flexibility index (Phi) is 4.54. The van der Waals surface area contributed by atoms with Crippen molar-refractivity contribution in [3.63, 3.8) is 0 Å². The largest absolute Gasteiger partial charge is 0.308 e. The first kappa shape index (κ1) is 11.0. The monoisotopic (exact) mass is 225 g/mol. The minimum atomic E-state index is 0.701. The van der Waals surface area contributed by atoms with E-state index in [0.29, 0.717) is 6.04 Å². The molecule has 1 aliphatic carbocycles. The Labute approximate surface area is 95.4 Å². The fourth-order valence-electron chi connectivity index (χ4n) is 2.17. The quantitative estimate of drug-likeness (QED) is 0.859. The summed E-state index contributed by atoms with van der Waals surface area (Å²) in [7, 11) is 0. The Bertz CT molecular complexity index is 253. The van der Waals surface area contributed by atoms with Gasteiger partial charge in [0.05, 0.1) is 5.69 Å². The van der Waals surface area contributed by atoms with E-state index in [0.717, 1.165) is 12.2 Å². The van der Waals surface area contributed by atoms with Crippen molar-refractivity contribution in [1.82, 2.24) is 14.9 Å². The summed E-state index contributed by atoms with van der Waals surface area (Å²) in [6, 6.07) is 0.701. The highest BCUT2D eigenvalue weighted by atomic mass is 32.1. The third-order valence-corrected chi connectivity index (χ3v) is 3.64. The zero-order chi connectivity index (χ0) is 10.3. The zero-order valence-electron chi connectivity index (χ0n) is 9.11.